The summed E-state index contributed by atoms with van der Waals surface area (Å²) in [6.45, 7) is 9.07. The van der Waals surface area contributed by atoms with Crippen LogP contribution in [0.3, 0.4) is 0 Å². The van der Waals surface area contributed by atoms with E-state index in [1.165, 1.54) is 11.1 Å². The average molecular weight is 526 g/mol. The molecule has 0 saturated carbocycles. The van der Waals surface area contributed by atoms with Gasteiger partial charge in [0, 0.05) is 30.4 Å². The molecule has 0 atom stereocenters. The number of piperidine rings is 1. The predicted molar refractivity (Wildman–Crippen MR) is 143 cm³/mol. The Morgan fingerprint density at radius 3 is 2.34 bits per heavy atom. The summed E-state index contributed by atoms with van der Waals surface area (Å²) >= 11 is 0. The summed E-state index contributed by atoms with van der Waals surface area (Å²) in [6.07, 6.45) is 2.04. The van der Waals surface area contributed by atoms with Crippen molar-refractivity contribution >= 4 is 11.6 Å². The maximum Gasteiger partial charge on any atom is 0.238 e. The van der Waals surface area contributed by atoms with E-state index in [9.17, 15) is 18.0 Å². The Labute approximate surface area is 222 Å². The van der Waals surface area contributed by atoms with E-state index in [4.69, 9.17) is 4.74 Å². The number of benzene rings is 3. The molecule has 2 N–H and O–H groups in total. The van der Waals surface area contributed by atoms with Gasteiger partial charge in [-0.25, -0.2) is 13.2 Å². The highest BCUT2D eigenvalue weighted by Crippen LogP contribution is 2.33. The topological polar surface area (TPSA) is 53.6 Å². The third-order valence-corrected chi connectivity index (χ3v) is 6.79. The molecule has 4 rings (SSSR count). The maximum absolute atomic E-state index is 13.9. The first kappa shape index (κ1) is 27.7. The quantitative estimate of drug-likeness (QED) is 0.312. The van der Waals surface area contributed by atoms with Crippen LogP contribution in [0.4, 0.5) is 18.9 Å². The lowest BCUT2D eigenvalue weighted by Crippen LogP contribution is -2.33. The Kier molecular flexibility index (Phi) is 9.07. The first-order chi connectivity index (χ1) is 18.2. The molecule has 1 saturated heterocycles. The summed E-state index contributed by atoms with van der Waals surface area (Å²) in [5.74, 6) is -2.99. The van der Waals surface area contributed by atoms with Crippen LogP contribution < -0.4 is 15.4 Å². The lowest BCUT2D eigenvalue weighted by Gasteiger charge is -2.33. The van der Waals surface area contributed by atoms with Crippen molar-refractivity contribution in [3.63, 3.8) is 0 Å². The number of halogens is 3. The predicted octanol–water partition coefficient (Wildman–Crippen LogP) is 6.52. The molecule has 0 aromatic heterocycles. The number of aryl methyl sites for hydroxylation is 1. The van der Waals surface area contributed by atoms with Crippen molar-refractivity contribution in [3.05, 3.63) is 88.7 Å². The van der Waals surface area contributed by atoms with Crippen LogP contribution in [0.5, 0.6) is 11.5 Å². The fraction of sp³-hybridized carbons (Fsp3) is 0.367. The van der Waals surface area contributed by atoms with Crippen LogP contribution >= 0.6 is 0 Å². The second kappa shape index (κ2) is 12.5. The van der Waals surface area contributed by atoms with Gasteiger partial charge >= 0.3 is 0 Å². The van der Waals surface area contributed by atoms with Crippen molar-refractivity contribution in [2.75, 3.05) is 25.0 Å². The van der Waals surface area contributed by atoms with Gasteiger partial charge < -0.3 is 15.4 Å². The van der Waals surface area contributed by atoms with Crippen molar-refractivity contribution in [1.29, 1.82) is 0 Å². The van der Waals surface area contributed by atoms with E-state index in [1.807, 2.05) is 32.0 Å². The van der Waals surface area contributed by atoms with E-state index >= 15 is 0 Å². The standard InChI is InChI=1S/C30H34F3N3O2/c1-19(2)34-17-30(37)35-23-7-4-20(3)25(14-23)22-10-12-36(13-11-22)18-21-5-8-24(9-6-21)38-29-16-27(32)26(31)15-28(29)33/h4-9,14-16,19,22,34H,10-13,17-18H2,1-3H3,(H,35,37). The number of likely N-dealkylation sites (tertiary alicyclic amines) is 1. The van der Waals surface area contributed by atoms with E-state index in [0.29, 0.717) is 23.8 Å². The van der Waals surface area contributed by atoms with Crippen molar-refractivity contribution in [1.82, 2.24) is 10.2 Å². The minimum Gasteiger partial charge on any atom is -0.454 e. The molecular formula is C30H34F3N3O2. The van der Waals surface area contributed by atoms with Crippen LogP contribution in [0.25, 0.3) is 0 Å². The Morgan fingerprint density at radius 2 is 1.66 bits per heavy atom. The number of hydrogen-bond acceptors (Lipinski definition) is 4. The third-order valence-electron chi connectivity index (χ3n) is 6.79. The van der Waals surface area contributed by atoms with Crippen molar-refractivity contribution in [3.8, 4) is 11.5 Å². The van der Waals surface area contributed by atoms with Gasteiger partial charge in [0.05, 0.1) is 6.54 Å². The van der Waals surface area contributed by atoms with Gasteiger partial charge in [0.25, 0.3) is 0 Å². The smallest absolute Gasteiger partial charge is 0.238 e. The first-order valence-corrected chi connectivity index (χ1v) is 13.0. The summed E-state index contributed by atoms with van der Waals surface area (Å²) in [5, 5.41) is 6.13. The number of nitrogens with one attached hydrogen (secondary N) is 2. The van der Waals surface area contributed by atoms with Crippen LogP contribution in [0.2, 0.25) is 0 Å². The molecular weight excluding hydrogens is 491 g/mol. The molecule has 38 heavy (non-hydrogen) atoms. The van der Waals surface area contributed by atoms with Gasteiger partial charge in [-0.3, -0.25) is 9.69 Å². The molecule has 3 aromatic carbocycles. The third kappa shape index (κ3) is 7.36. The molecule has 0 radical (unpaired) electrons. The highest BCUT2D eigenvalue weighted by atomic mass is 19.2. The largest absolute Gasteiger partial charge is 0.454 e. The zero-order chi connectivity index (χ0) is 27.2. The second-order valence-corrected chi connectivity index (χ2v) is 10.1. The van der Waals surface area contributed by atoms with Gasteiger partial charge in [0.2, 0.25) is 5.91 Å². The lowest BCUT2D eigenvalue weighted by molar-refractivity contribution is -0.115. The second-order valence-electron chi connectivity index (χ2n) is 10.1. The molecule has 202 valence electrons. The number of nitrogens with zero attached hydrogens (tertiary/aromatic N) is 1. The van der Waals surface area contributed by atoms with E-state index in [-0.39, 0.29) is 24.2 Å². The van der Waals surface area contributed by atoms with Gasteiger partial charge in [0.15, 0.2) is 23.2 Å². The zero-order valence-electron chi connectivity index (χ0n) is 22.0. The Balaban J connectivity index is 1.30. The molecule has 0 unspecified atom stereocenters. The molecule has 0 aliphatic carbocycles. The van der Waals surface area contributed by atoms with Crippen LogP contribution in [0, 0.1) is 24.4 Å². The molecule has 3 aromatic rings. The number of carbonyl (C=O) groups excluding carboxylic acids is 1. The van der Waals surface area contributed by atoms with Crippen molar-refractivity contribution < 1.29 is 22.7 Å². The average Bonchev–Trinajstić information content (AvgIpc) is 2.89. The first-order valence-electron chi connectivity index (χ1n) is 13.0. The lowest BCUT2D eigenvalue weighted by atomic mass is 9.86. The molecule has 1 aliphatic rings. The molecule has 1 heterocycles. The van der Waals surface area contributed by atoms with Gasteiger partial charge in [0.1, 0.15) is 5.75 Å². The highest BCUT2D eigenvalue weighted by Gasteiger charge is 2.22. The number of rotatable bonds is 9. The van der Waals surface area contributed by atoms with Gasteiger partial charge in [-0.05, 0) is 79.7 Å². The highest BCUT2D eigenvalue weighted by molar-refractivity contribution is 5.92. The van der Waals surface area contributed by atoms with Crippen LogP contribution in [-0.4, -0.2) is 36.5 Å². The Bertz CT molecular complexity index is 1260. The number of hydrogen-bond donors (Lipinski definition) is 2. The Hall–Kier alpha value is -3.36. The summed E-state index contributed by atoms with van der Waals surface area (Å²) in [6, 6.07) is 14.7. The van der Waals surface area contributed by atoms with Gasteiger partial charge in [-0.15, -0.1) is 0 Å². The van der Waals surface area contributed by atoms with E-state index in [2.05, 4.69) is 34.6 Å². The van der Waals surface area contributed by atoms with E-state index in [1.54, 1.807) is 12.1 Å². The number of anilines is 1. The van der Waals surface area contributed by atoms with Crippen LogP contribution in [0.15, 0.2) is 54.6 Å². The molecule has 1 aliphatic heterocycles. The summed E-state index contributed by atoms with van der Waals surface area (Å²) in [7, 11) is 0. The normalized spacial score (nSPS) is 14.6. The maximum atomic E-state index is 13.9. The molecule has 1 amide bonds. The number of carbonyl (C=O) groups is 1. The van der Waals surface area contributed by atoms with E-state index in [0.717, 1.165) is 43.7 Å². The van der Waals surface area contributed by atoms with Crippen molar-refractivity contribution in [2.45, 2.75) is 52.1 Å². The summed E-state index contributed by atoms with van der Waals surface area (Å²) < 4.78 is 45.8. The summed E-state index contributed by atoms with van der Waals surface area (Å²) in [4.78, 5) is 14.6. The number of ether oxygens (including phenoxy) is 1. The Morgan fingerprint density at radius 1 is 0.974 bits per heavy atom. The monoisotopic (exact) mass is 525 g/mol. The molecule has 5 nitrogen and oxygen atoms in total. The molecule has 8 heteroatoms. The summed E-state index contributed by atoms with van der Waals surface area (Å²) in [5.41, 5.74) is 4.42. The molecule has 0 bridgehead atoms. The SMILES string of the molecule is Cc1ccc(NC(=O)CNC(C)C)cc1C1CCN(Cc2ccc(Oc3cc(F)c(F)cc3F)cc2)CC1. The minimum atomic E-state index is -1.25. The molecule has 0 spiro atoms. The van der Waals surface area contributed by atoms with Gasteiger partial charge in [-0.1, -0.05) is 32.0 Å². The van der Waals surface area contributed by atoms with Gasteiger partial charge in [-0.2, -0.15) is 0 Å². The van der Waals surface area contributed by atoms with Crippen molar-refractivity contribution in [2.24, 2.45) is 0 Å². The zero-order valence-corrected chi connectivity index (χ0v) is 22.0. The number of amides is 1. The van der Waals surface area contributed by atoms with E-state index < -0.39 is 17.5 Å². The minimum absolute atomic E-state index is 0.0466. The fourth-order valence-corrected chi connectivity index (χ4v) is 4.69. The molecule has 1 fully saturated rings. The van der Waals surface area contributed by atoms with Crippen LogP contribution in [0.1, 0.15) is 49.3 Å². The van der Waals surface area contributed by atoms with Crippen LogP contribution in [-0.2, 0) is 11.3 Å². The fourth-order valence-electron chi connectivity index (χ4n) is 4.69.